The van der Waals surface area contributed by atoms with Crippen molar-refractivity contribution in [1.29, 1.82) is 0 Å². The van der Waals surface area contributed by atoms with Crippen molar-refractivity contribution in [2.24, 2.45) is 5.10 Å². The lowest BCUT2D eigenvalue weighted by Gasteiger charge is -2.20. The number of phenolic OH excluding ortho intramolecular Hbond substituents is 1. The number of nitrogens with zero attached hydrogens (tertiary/aromatic N) is 2. The van der Waals surface area contributed by atoms with Crippen LogP contribution in [0.1, 0.15) is 11.3 Å². The van der Waals surface area contributed by atoms with Crippen molar-refractivity contribution < 1.29 is 22.7 Å². The van der Waals surface area contributed by atoms with Gasteiger partial charge in [-0.3, -0.25) is 4.79 Å². The average Bonchev–Trinajstić information content (AvgIpc) is 3.23. The fourth-order valence-electron chi connectivity index (χ4n) is 2.48. The summed E-state index contributed by atoms with van der Waals surface area (Å²) in [6.45, 7) is -0.538. The van der Waals surface area contributed by atoms with Gasteiger partial charge in [0.25, 0.3) is 5.91 Å². The molecule has 0 aliphatic heterocycles. The number of rotatable bonds is 8. The van der Waals surface area contributed by atoms with Crippen LogP contribution in [0.25, 0.3) is 0 Å². The van der Waals surface area contributed by atoms with Gasteiger partial charge >= 0.3 is 0 Å². The van der Waals surface area contributed by atoms with E-state index in [1.165, 1.54) is 36.7 Å². The Morgan fingerprint density at radius 1 is 1.07 bits per heavy atom. The lowest BCUT2D eigenvalue weighted by atomic mass is 10.2. The Hall–Kier alpha value is -3.43. The van der Waals surface area contributed by atoms with Crippen LogP contribution < -0.4 is 5.43 Å². The van der Waals surface area contributed by atoms with E-state index in [9.17, 15) is 18.3 Å². The number of hydrogen-bond acceptors (Lipinski definition) is 6. The molecule has 2 N–H and O–H groups in total. The van der Waals surface area contributed by atoms with E-state index in [1.807, 2.05) is 0 Å². The summed E-state index contributed by atoms with van der Waals surface area (Å²) in [4.78, 5) is 12.4. The molecule has 0 spiro atoms. The van der Waals surface area contributed by atoms with Crippen LogP contribution in [0.4, 0.5) is 0 Å². The minimum atomic E-state index is -3.92. The molecule has 0 unspecified atom stereocenters. The second kappa shape index (κ2) is 9.18. The summed E-state index contributed by atoms with van der Waals surface area (Å²) >= 11 is 0. The van der Waals surface area contributed by atoms with Gasteiger partial charge in [0.15, 0.2) is 0 Å². The molecule has 1 aromatic heterocycles. The summed E-state index contributed by atoms with van der Waals surface area (Å²) in [5.41, 5.74) is 2.97. The van der Waals surface area contributed by atoms with Crippen LogP contribution in [0.5, 0.6) is 5.75 Å². The quantitative estimate of drug-likeness (QED) is 0.435. The topological polar surface area (TPSA) is 112 Å². The summed E-state index contributed by atoms with van der Waals surface area (Å²) < 4.78 is 32.2. The molecule has 29 heavy (non-hydrogen) atoms. The summed E-state index contributed by atoms with van der Waals surface area (Å²) in [7, 11) is -3.92. The Morgan fingerprint density at radius 3 is 2.45 bits per heavy atom. The van der Waals surface area contributed by atoms with Gasteiger partial charge in [-0.05, 0) is 54.1 Å². The Bertz CT molecular complexity index is 1060. The summed E-state index contributed by atoms with van der Waals surface area (Å²) in [5.74, 6) is -0.0816. The Kier molecular flexibility index (Phi) is 6.43. The number of carbonyl (C=O) groups excluding carboxylic acids is 1. The Morgan fingerprint density at radius 2 is 1.79 bits per heavy atom. The van der Waals surface area contributed by atoms with Crippen LogP contribution in [-0.2, 0) is 21.4 Å². The van der Waals surface area contributed by atoms with Gasteiger partial charge in [-0.25, -0.2) is 13.8 Å². The molecule has 0 fully saturated rings. The van der Waals surface area contributed by atoms with Crippen molar-refractivity contribution in [3.8, 4) is 5.75 Å². The zero-order chi connectivity index (χ0) is 20.7. The third-order valence-electron chi connectivity index (χ3n) is 3.91. The number of hydrogen-bond donors (Lipinski definition) is 2. The predicted octanol–water partition coefficient (Wildman–Crippen LogP) is 2.33. The number of sulfonamides is 1. The molecule has 3 aromatic rings. The largest absolute Gasteiger partial charge is 0.508 e. The maximum atomic E-state index is 13.0. The highest BCUT2D eigenvalue weighted by atomic mass is 32.2. The van der Waals surface area contributed by atoms with Crippen molar-refractivity contribution in [3.05, 3.63) is 84.3 Å². The first-order valence-electron chi connectivity index (χ1n) is 8.64. The van der Waals surface area contributed by atoms with Crippen LogP contribution in [0.2, 0.25) is 0 Å². The molecule has 2 aromatic carbocycles. The molecule has 1 amide bonds. The van der Waals surface area contributed by atoms with Crippen molar-refractivity contribution in [3.63, 3.8) is 0 Å². The summed E-state index contributed by atoms with van der Waals surface area (Å²) in [6, 6.07) is 17.3. The third kappa shape index (κ3) is 5.53. The highest BCUT2D eigenvalue weighted by Gasteiger charge is 2.27. The van der Waals surface area contributed by atoms with E-state index in [2.05, 4.69) is 10.5 Å². The van der Waals surface area contributed by atoms with Crippen molar-refractivity contribution in [2.45, 2.75) is 11.4 Å². The first-order chi connectivity index (χ1) is 13.9. The fraction of sp³-hybridized carbons (Fsp3) is 0.100. The maximum Gasteiger partial charge on any atom is 0.255 e. The second-order valence-corrected chi connectivity index (χ2v) is 7.99. The number of carbonyl (C=O) groups is 1. The monoisotopic (exact) mass is 413 g/mol. The first-order valence-corrected chi connectivity index (χ1v) is 10.1. The number of benzene rings is 2. The van der Waals surface area contributed by atoms with E-state index in [1.54, 1.807) is 42.5 Å². The zero-order valence-corrected chi connectivity index (χ0v) is 16.1. The molecule has 8 nitrogen and oxygen atoms in total. The lowest BCUT2D eigenvalue weighted by molar-refractivity contribution is -0.121. The number of hydrazone groups is 1. The third-order valence-corrected chi connectivity index (χ3v) is 5.72. The molecule has 0 aliphatic rings. The minimum absolute atomic E-state index is 0.0759. The molecule has 9 heteroatoms. The molecule has 0 radical (unpaired) electrons. The van der Waals surface area contributed by atoms with Gasteiger partial charge in [-0.15, -0.1) is 0 Å². The van der Waals surface area contributed by atoms with Gasteiger partial charge in [0.05, 0.1) is 30.5 Å². The van der Waals surface area contributed by atoms with Gasteiger partial charge in [0, 0.05) is 0 Å². The van der Waals surface area contributed by atoms with E-state index in [0.29, 0.717) is 11.3 Å². The molecule has 3 rings (SSSR count). The average molecular weight is 413 g/mol. The van der Waals surface area contributed by atoms with Crippen molar-refractivity contribution in [1.82, 2.24) is 9.73 Å². The van der Waals surface area contributed by atoms with E-state index < -0.39 is 22.5 Å². The van der Waals surface area contributed by atoms with Crippen LogP contribution in [-0.4, -0.2) is 36.5 Å². The number of amides is 1. The van der Waals surface area contributed by atoms with Crippen LogP contribution in [0, 0.1) is 0 Å². The second-order valence-electron chi connectivity index (χ2n) is 6.05. The highest BCUT2D eigenvalue weighted by molar-refractivity contribution is 7.89. The fourth-order valence-corrected chi connectivity index (χ4v) is 3.86. The number of phenols is 1. The SMILES string of the molecule is O=C(CN(Cc1ccco1)S(=O)(=O)c1ccccc1)N/N=C\c1ccc(O)cc1. The normalized spacial score (nSPS) is 11.8. The molecule has 1 heterocycles. The molecule has 0 aliphatic carbocycles. The smallest absolute Gasteiger partial charge is 0.255 e. The molecule has 0 atom stereocenters. The van der Waals surface area contributed by atoms with E-state index in [-0.39, 0.29) is 17.2 Å². The maximum absolute atomic E-state index is 13.0. The zero-order valence-electron chi connectivity index (χ0n) is 15.3. The lowest BCUT2D eigenvalue weighted by Crippen LogP contribution is -2.38. The molecular weight excluding hydrogens is 394 g/mol. The highest BCUT2D eigenvalue weighted by Crippen LogP contribution is 2.18. The number of furan rings is 1. The van der Waals surface area contributed by atoms with E-state index in [4.69, 9.17) is 4.42 Å². The van der Waals surface area contributed by atoms with Gasteiger partial charge in [-0.1, -0.05) is 18.2 Å². The standard InChI is InChI=1S/C20H19N3O5S/c24-17-10-8-16(9-11-17)13-21-22-20(25)15-23(14-18-5-4-12-28-18)29(26,27)19-6-2-1-3-7-19/h1-13,24H,14-15H2,(H,22,25)/b21-13-. The molecule has 150 valence electrons. The number of nitrogens with one attached hydrogen (secondary N) is 1. The predicted molar refractivity (Wildman–Crippen MR) is 107 cm³/mol. The summed E-state index contributed by atoms with van der Waals surface area (Å²) in [5, 5.41) is 13.1. The minimum Gasteiger partial charge on any atom is -0.508 e. The van der Waals surface area contributed by atoms with Gasteiger partial charge in [0.1, 0.15) is 11.5 Å². The van der Waals surface area contributed by atoms with Gasteiger partial charge in [0.2, 0.25) is 10.0 Å². The molecule has 0 saturated carbocycles. The summed E-state index contributed by atoms with van der Waals surface area (Å²) in [6.07, 6.45) is 2.82. The van der Waals surface area contributed by atoms with Crippen molar-refractivity contribution >= 4 is 22.1 Å². The Balaban J connectivity index is 1.72. The molecule has 0 bridgehead atoms. The van der Waals surface area contributed by atoms with Gasteiger partial charge < -0.3 is 9.52 Å². The van der Waals surface area contributed by atoms with E-state index >= 15 is 0 Å². The van der Waals surface area contributed by atoms with E-state index in [0.717, 1.165) is 4.31 Å². The van der Waals surface area contributed by atoms with Crippen LogP contribution in [0.15, 0.2) is 87.4 Å². The van der Waals surface area contributed by atoms with Gasteiger partial charge in [-0.2, -0.15) is 9.41 Å². The van der Waals surface area contributed by atoms with Crippen LogP contribution in [0.3, 0.4) is 0 Å². The first kappa shape index (κ1) is 20.3. The Labute approximate surface area is 168 Å². The number of aromatic hydroxyl groups is 1. The van der Waals surface area contributed by atoms with Crippen LogP contribution >= 0.6 is 0 Å². The molecule has 0 saturated heterocycles. The molecular formula is C20H19N3O5S. The van der Waals surface area contributed by atoms with Crippen molar-refractivity contribution in [2.75, 3.05) is 6.54 Å².